The van der Waals surface area contributed by atoms with Crippen molar-refractivity contribution in [2.45, 2.75) is 80.9 Å². The third kappa shape index (κ3) is 11.9. The van der Waals surface area contributed by atoms with Crippen molar-refractivity contribution >= 4 is 59.2 Å². The molecular weight excluding hydrogens is 803 g/mol. The number of unbranched alkanes of at least 4 members (excludes halogenated alkanes) is 1. The van der Waals surface area contributed by atoms with Crippen molar-refractivity contribution < 1.29 is 62.3 Å². The largest absolute Gasteiger partial charge is 0.493 e. The number of hydrogen-bond acceptors (Lipinski definition) is 17. The van der Waals surface area contributed by atoms with Crippen molar-refractivity contribution in [2.24, 2.45) is 10.2 Å². The van der Waals surface area contributed by atoms with E-state index >= 15 is 0 Å². The molecule has 59 heavy (non-hydrogen) atoms. The summed E-state index contributed by atoms with van der Waals surface area (Å²) in [5, 5.41) is 31.7. The van der Waals surface area contributed by atoms with Gasteiger partial charge in [-0.25, -0.2) is 14.4 Å². The van der Waals surface area contributed by atoms with Crippen LogP contribution in [0.15, 0.2) is 22.4 Å². The predicted molar refractivity (Wildman–Crippen MR) is 203 cm³/mol. The number of nitro benzene ring substituents is 1. The number of carbonyl (C=O) groups is 7. The van der Waals surface area contributed by atoms with Crippen LogP contribution in [-0.2, 0) is 38.3 Å². The summed E-state index contributed by atoms with van der Waals surface area (Å²) in [6, 6.07) is 0.525. The first kappa shape index (κ1) is 44.3. The number of rotatable bonds is 23. The Balaban J connectivity index is 1.20. The first-order chi connectivity index (χ1) is 28.2. The highest BCUT2D eigenvalue weighted by Gasteiger charge is 2.43. The minimum Gasteiger partial charge on any atom is -0.493 e. The van der Waals surface area contributed by atoms with Gasteiger partial charge in [-0.2, -0.15) is 22.0 Å². The molecule has 4 aliphatic rings. The van der Waals surface area contributed by atoms with Crippen LogP contribution >= 0.6 is 11.8 Å². The number of benzene rings is 1. The monoisotopic (exact) mass is 849 g/mol. The first-order valence-corrected chi connectivity index (χ1v) is 19.9. The number of nitro groups is 1. The number of nitrogens with zero attached hydrogens (tertiary/aromatic N) is 5. The van der Waals surface area contributed by atoms with Gasteiger partial charge in [0.1, 0.15) is 19.2 Å². The molecule has 0 radical (unpaired) electrons. The number of fused-ring (bicyclic) bond motifs is 1. The van der Waals surface area contributed by atoms with Gasteiger partial charge in [-0.1, -0.05) is 6.42 Å². The quantitative estimate of drug-likeness (QED) is 0.0396. The zero-order valence-corrected chi connectivity index (χ0v) is 33.5. The lowest BCUT2D eigenvalue weighted by Crippen LogP contribution is -2.47. The second kappa shape index (κ2) is 20.3. The van der Waals surface area contributed by atoms with Gasteiger partial charge in [-0.05, 0) is 25.8 Å². The number of urea groups is 1. The zero-order chi connectivity index (χ0) is 42.7. The molecule has 1 aromatic rings. The van der Waals surface area contributed by atoms with Crippen molar-refractivity contribution in [2.75, 3.05) is 59.4 Å². The zero-order valence-electron chi connectivity index (χ0n) is 32.7. The van der Waals surface area contributed by atoms with E-state index in [-0.39, 0.29) is 87.2 Å². The van der Waals surface area contributed by atoms with Crippen LogP contribution < -0.4 is 30.7 Å². The number of amides is 7. The summed E-state index contributed by atoms with van der Waals surface area (Å²) < 4.78 is 21.4. The Hall–Kier alpha value is -5.78. The number of hydroxylamine groups is 2. The Morgan fingerprint density at radius 3 is 2.42 bits per heavy atom. The summed E-state index contributed by atoms with van der Waals surface area (Å²) in [6.45, 7) is 0.357. The van der Waals surface area contributed by atoms with Gasteiger partial charge in [0.15, 0.2) is 17.2 Å². The van der Waals surface area contributed by atoms with E-state index in [0.717, 1.165) is 35.6 Å². The molecule has 0 saturated carbocycles. The highest BCUT2D eigenvalue weighted by Crippen LogP contribution is 2.40. The SMILES string of the molecule is COc1cc(C(C(=O)NCC(=O)ON2C(=O)CCC2=O)N(CCOCCOC(=O)NCCCCC2SCC3NC(=O)NC32)C(=O)CCC2(C)N=N2)c([N+](=O)[O-])cc1OC. The van der Waals surface area contributed by atoms with Gasteiger partial charge in [0.05, 0.1) is 56.1 Å². The molecule has 0 aliphatic carbocycles. The maximum absolute atomic E-state index is 14.0. The van der Waals surface area contributed by atoms with Crippen LogP contribution in [0, 0.1) is 10.1 Å². The topological polar surface area (TPSA) is 288 Å². The summed E-state index contributed by atoms with van der Waals surface area (Å²) in [6.07, 6.45) is 1.40. The number of methoxy groups -OCH3 is 2. The Labute approximate surface area is 342 Å². The molecule has 4 N–H and O–H groups in total. The van der Waals surface area contributed by atoms with Crippen LogP contribution in [-0.4, -0.2) is 139 Å². The molecule has 23 nitrogen and oxygen atoms in total. The minimum atomic E-state index is -1.78. The summed E-state index contributed by atoms with van der Waals surface area (Å²) in [7, 11) is 2.52. The molecule has 0 bridgehead atoms. The van der Waals surface area contributed by atoms with Gasteiger partial charge >= 0.3 is 18.1 Å². The molecule has 1 aromatic carbocycles. The Kier molecular flexibility index (Phi) is 15.2. The molecule has 4 unspecified atom stereocenters. The first-order valence-electron chi connectivity index (χ1n) is 18.9. The Morgan fingerprint density at radius 2 is 1.75 bits per heavy atom. The lowest BCUT2D eigenvalue weighted by Gasteiger charge is -2.31. The fourth-order valence-corrected chi connectivity index (χ4v) is 8.19. The van der Waals surface area contributed by atoms with Crippen LogP contribution in [0.1, 0.15) is 63.5 Å². The third-order valence-corrected chi connectivity index (χ3v) is 11.3. The van der Waals surface area contributed by atoms with E-state index in [9.17, 15) is 43.7 Å². The van der Waals surface area contributed by atoms with E-state index in [2.05, 4.69) is 31.5 Å². The highest BCUT2D eigenvalue weighted by atomic mass is 32.2. The average Bonchev–Trinajstić information content (AvgIpc) is 3.47. The molecule has 4 aliphatic heterocycles. The standard InChI is InChI=1S/C35H47N9O14S/c1-35(40-41-35)10-9-26(45)42(12-13-56-14-15-57-34(51)36-11-5-4-6-25-30-21(19-59-25)38-33(50)39-30)31(20-16-23(54-2)24(55-3)17-22(20)44(52)53)32(49)37-18-29(48)58-43-27(46)7-8-28(43)47/h16-17,21,25,30-31H,4-15,18-19H2,1-3H3,(H,36,51)(H,37,49)(H2,38,39,50). The number of carbonyl (C=O) groups excluding carboxylic acids is 7. The maximum Gasteiger partial charge on any atom is 0.407 e. The molecule has 0 aromatic heterocycles. The van der Waals surface area contributed by atoms with Crippen molar-refractivity contribution in [3.05, 3.63) is 27.8 Å². The predicted octanol–water partition coefficient (Wildman–Crippen LogP) is 1.25. The van der Waals surface area contributed by atoms with E-state index in [1.54, 1.807) is 6.92 Å². The highest BCUT2D eigenvalue weighted by molar-refractivity contribution is 8.00. The summed E-state index contributed by atoms with van der Waals surface area (Å²) in [5.41, 5.74) is -1.75. The van der Waals surface area contributed by atoms with Gasteiger partial charge < -0.3 is 50.0 Å². The normalized spacial score (nSPS) is 20.2. The van der Waals surface area contributed by atoms with Gasteiger partial charge in [-0.3, -0.25) is 29.3 Å². The minimum absolute atomic E-state index is 0.0129. The fraction of sp³-hybridized carbons (Fsp3) is 0.629. The number of hydrogen-bond donors (Lipinski definition) is 4. The summed E-state index contributed by atoms with van der Waals surface area (Å²) in [5.74, 6) is -3.60. The molecule has 4 atom stereocenters. The van der Waals surface area contributed by atoms with Gasteiger partial charge in [0, 0.05) is 49.8 Å². The van der Waals surface area contributed by atoms with E-state index in [0.29, 0.717) is 23.3 Å². The molecular formula is C35H47N9O14S. The lowest BCUT2D eigenvalue weighted by atomic mass is 9.99. The van der Waals surface area contributed by atoms with Crippen LogP contribution in [0.3, 0.4) is 0 Å². The van der Waals surface area contributed by atoms with Gasteiger partial charge in [-0.15, -0.1) is 5.06 Å². The fourth-order valence-electron chi connectivity index (χ4n) is 6.64. The molecule has 3 saturated heterocycles. The van der Waals surface area contributed by atoms with E-state index in [1.165, 1.54) is 14.2 Å². The lowest BCUT2D eigenvalue weighted by molar-refractivity contribution is -0.385. The summed E-state index contributed by atoms with van der Waals surface area (Å²) >= 11 is 1.82. The molecule has 3 fully saturated rings. The molecule has 322 valence electrons. The van der Waals surface area contributed by atoms with Crippen molar-refractivity contribution in [1.29, 1.82) is 0 Å². The molecule has 4 heterocycles. The maximum atomic E-state index is 14.0. The van der Waals surface area contributed by atoms with Crippen LogP contribution in [0.5, 0.6) is 11.5 Å². The van der Waals surface area contributed by atoms with Gasteiger partial charge in [0.2, 0.25) is 11.8 Å². The Morgan fingerprint density at radius 1 is 1.03 bits per heavy atom. The van der Waals surface area contributed by atoms with E-state index in [4.69, 9.17) is 23.8 Å². The number of ether oxygens (including phenoxy) is 4. The smallest absolute Gasteiger partial charge is 0.407 e. The number of nitrogens with one attached hydrogen (secondary N) is 4. The number of imide groups is 1. The summed E-state index contributed by atoms with van der Waals surface area (Å²) in [4.78, 5) is 106. The molecule has 24 heteroatoms. The second-order valence-electron chi connectivity index (χ2n) is 14.0. The molecule has 5 rings (SSSR count). The molecule has 7 amide bonds. The molecule has 0 spiro atoms. The number of alkyl carbamates (subject to hydrolysis) is 1. The Bertz CT molecular complexity index is 1810. The van der Waals surface area contributed by atoms with E-state index < -0.39 is 64.6 Å². The third-order valence-electron chi connectivity index (χ3n) is 9.82. The van der Waals surface area contributed by atoms with Crippen molar-refractivity contribution in [3.63, 3.8) is 0 Å². The van der Waals surface area contributed by atoms with Crippen LogP contribution in [0.25, 0.3) is 0 Å². The average molecular weight is 850 g/mol. The van der Waals surface area contributed by atoms with Gasteiger partial charge in [0.25, 0.3) is 17.5 Å². The van der Waals surface area contributed by atoms with Crippen LogP contribution in [0.2, 0.25) is 0 Å². The van der Waals surface area contributed by atoms with Crippen LogP contribution in [0.4, 0.5) is 15.3 Å². The van der Waals surface area contributed by atoms with Crippen molar-refractivity contribution in [1.82, 2.24) is 31.2 Å². The number of thioether (sulfide) groups is 1. The second-order valence-corrected chi connectivity index (χ2v) is 15.3. The van der Waals surface area contributed by atoms with Crippen molar-refractivity contribution in [3.8, 4) is 11.5 Å². The van der Waals surface area contributed by atoms with E-state index in [1.807, 2.05) is 11.8 Å².